The predicted octanol–water partition coefficient (Wildman–Crippen LogP) is 1.02. The van der Waals surface area contributed by atoms with E-state index in [0.717, 1.165) is 5.01 Å². The van der Waals surface area contributed by atoms with Crippen molar-refractivity contribution < 1.29 is 10.0 Å². The van der Waals surface area contributed by atoms with E-state index >= 15 is 0 Å². The highest BCUT2D eigenvalue weighted by Gasteiger charge is 2.55. The summed E-state index contributed by atoms with van der Waals surface area (Å²) in [7, 11) is 0. The van der Waals surface area contributed by atoms with Gasteiger partial charge in [-0.2, -0.15) is 0 Å². The topological polar surface area (TPSA) is 101 Å². The van der Waals surface area contributed by atoms with E-state index in [1.54, 1.807) is 6.20 Å². The summed E-state index contributed by atoms with van der Waals surface area (Å²) in [6.07, 6.45) is 2.93. The van der Waals surface area contributed by atoms with Crippen molar-refractivity contribution in [2.75, 3.05) is 0 Å². The summed E-state index contributed by atoms with van der Waals surface area (Å²) in [5.74, 6) is -0.229. The Hall–Kier alpha value is -1.63. The molecule has 98 valence electrons. The van der Waals surface area contributed by atoms with E-state index in [-0.39, 0.29) is 11.7 Å². The average Bonchev–Trinajstić information content (AvgIpc) is 2.94. The number of nitrogens with zero attached hydrogens (tertiary/aromatic N) is 2. The maximum absolute atomic E-state index is 12.2. The molecule has 18 heavy (non-hydrogen) atoms. The van der Waals surface area contributed by atoms with Crippen LogP contribution in [0.5, 0.6) is 0 Å². The molecule has 0 spiro atoms. The summed E-state index contributed by atoms with van der Waals surface area (Å²) < 4.78 is 0. The second-order valence-corrected chi connectivity index (χ2v) is 5.88. The van der Waals surface area contributed by atoms with Crippen LogP contribution in [0.25, 0.3) is 0 Å². The van der Waals surface area contributed by atoms with Crippen molar-refractivity contribution in [3.63, 3.8) is 0 Å². The fourth-order valence-corrected chi connectivity index (χ4v) is 2.53. The van der Waals surface area contributed by atoms with E-state index in [9.17, 15) is 4.79 Å². The molecule has 1 amide bonds. The molecule has 1 saturated carbocycles. The first-order valence-electron chi connectivity index (χ1n) is 5.63. The maximum atomic E-state index is 12.2. The number of carbonyl (C=O) groups is 1. The molecule has 7 heteroatoms. The number of rotatable bonds is 4. The number of oxime groups is 1. The van der Waals surface area contributed by atoms with E-state index in [1.807, 2.05) is 19.2 Å². The van der Waals surface area contributed by atoms with Gasteiger partial charge < -0.3 is 16.3 Å². The number of nitrogens with one attached hydrogen (secondary N) is 1. The third-order valence-corrected chi connectivity index (χ3v) is 4.27. The zero-order valence-corrected chi connectivity index (χ0v) is 11.1. The molecule has 0 aliphatic heterocycles. The molecule has 4 N–H and O–H groups in total. The minimum absolute atomic E-state index is 0.0186. The van der Waals surface area contributed by atoms with Gasteiger partial charge in [0.25, 0.3) is 0 Å². The van der Waals surface area contributed by atoms with Crippen molar-refractivity contribution in [1.82, 2.24) is 10.3 Å². The number of amidine groups is 1. The molecule has 1 fully saturated rings. The quantitative estimate of drug-likeness (QED) is 0.328. The van der Waals surface area contributed by atoms with Gasteiger partial charge in [0.05, 0.1) is 5.54 Å². The number of aromatic nitrogens is 1. The van der Waals surface area contributed by atoms with Gasteiger partial charge in [-0.3, -0.25) is 4.79 Å². The molecule has 0 aromatic carbocycles. The van der Waals surface area contributed by atoms with Crippen LogP contribution in [0.3, 0.4) is 0 Å². The fraction of sp³-hybridized carbons (Fsp3) is 0.545. The van der Waals surface area contributed by atoms with Gasteiger partial charge in [0.1, 0.15) is 10.4 Å². The minimum Gasteiger partial charge on any atom is -0.409 e. The van der Waals surface area contributed by atoms with E-state index in [4.69, 9.17) is 10.9 Å². The SMILES string of the molecule is CC(C)(NC(=O)C1(/C(N)=N/O)CC1)c1nccs1. The standard InChI is InChI=1S/C11H16N4O2S/c1-10(2,9-13-5-6-18-9)14-8(16)11(3-4-11)7(12)15-17/h5-6,17H,3-4H2,1-2H3,(H2,12,15)(H,14,16). The highest BCUT2D eigenvalue weighted by atomic mass is 32.1. The number of nitrogens with two attached hydrogens (primary N) is 1. The molecule has 1 heterocycles. The Morgan fingerprint density at radius 1 is 1.67 bits per heavy atom. The first kappa shape index (κ1) is 12.8. The van der Waals surface area contributed by atoms with E-state index < -0.39 is 11.0 Å². The molecule has 1 aromatic heterocycles. The zero-order chi connectivity index (χ0) is 13.4. The smallest absolute Gasteiger partial charge is 0.234 e. The molecule has 0 radical (unpaired) electrons. The summed E-state index contributed by atoms with van der Waals surface area (Å²) in [6.45, 7) is 3.76. The van der Waals surface area contributed by atoms with Gasteiger partial charge in [0.15, 0.2) is 5.84 Å². The molecule has 0 atom stereocenters. The van der Waals surface area contributed by atoms with Crippen LogP contribution in [0.2, 0.25) is 0 Å². The Bertz CT molecular complexity index is 477. The van der Waals surface area contributed by atoms with Crippen LogP contribution in [-0.2, 0) is 10.3 Å². The number of hydrogen-bond donors (Lipinski definition) is 3. The van der Waals surface area contributed by atoms with Crippen LogP contribution in [0.1, 0.15) is 31.7 Å². The zero-order valence-electron chi connectivity index (χ0n) is 10.3. The van der Waals surface area contributed by atoms with Crippen LogP contribution in [-0.4, -0.2) is 21.9 Å². The second-order valence-electron chi connectivity index (χ2n) is 4.98. The van der Waals surface area contributed by atoms with Gasteiger partial charge in [-0.1, -0.05) is 5.16 Å². The molecular formula is C11H16N4O2S. The molecule has 2 rings (SSSR count). The lowest BCUT2D eigenvalue weighted by atomic mass is 10.0. The van der Waals surface area contributed by atoms with Crippen molar-refractivity contribution in [2.24, 2.45) is 16.3 Å². The minimum atomic E-state index is -0.830. The fourth-order valence-electron chi connectivity index (χ4n) is 1.81. The Morgan fingerprint density at radius 3 is 2.78 bits per heavy atom. The second kappa shape index (κ2) is 4.24. The molecular weight excluding hydrogens is 252 g/mol. The Labute approximate surface area is 109 Å². The van der Waals surface area contributed by atoms with Gasteiger partial charge in [0, 0.05) is 11.6 Å². The molecule has 0 saturated heterocycles. The highest BCUT2D eigenvalue weighted by molar-refractivity contribution is 7.09. The number of carbonyl (C=O) groups excluding carboxylic acids is 1. The number of hydrogen-bond acceptors (Lipinski definition) is 5. The van der Waals surface area contributed by atoms with Crippen molar-refractivity contribution in [3.8, 4) is 0 Å². The van der Waals surface area contributed by atoms with E-state index in [1.165, 1.54) is 11.3 Å². The normalized spacial score (nSPS) is 18.4. The first-order chi connectivity index (χ1) is 8.42. The summed E-state index contributed by atoms with van der Waals surface area (Å²) in [5.41, 5.74) is 4.19. The van der Waals surface area contributed by atoms with Crippen LogP contribution in [0, 0.1) is 5.41 Å². The van der Waals surface area contributed by atoms with Crippen molar-refractivity contribution in [1.29, 1.82) is 0 Å². The van der Waals surface area contributed by atoms with E-state index in [2.05, 4.69) is 15.5 Å². The first-order valence-corrected chi connectivity index (χ1v) is 6.51. The Kier molecular flexibility index (Phi) is 3.02. The maximum Gasteiger partial charge on any atom is 0.234 e. The molecule has 0 unspecified atom stereocenters. The lowest BCUT2D eigenvalue weighted by Crippen LogP contribution is -2.48. The van der Waals surface area contributed by atoms with Crippen molar-refractivity contribution in [2.45, 2.75) is 32.2 Å². The Balaban J connectivity index is 2.13. The Morgan fingerprint density at radius 2 is 2.33 bits per heavy atom. The van der Waals surface area contributed by atoms with Crippen LogP contribution >= 0.6 is 11.3 Å². The van der Waals surface area contributed by atoms with Crippen molar-refractivity contribution >= 4 is 23.1 Å². The lowest BCUT2D eigenvalue weighted by molar-refractivity contribution is -0.125. The summed E-state index contributed by atoms with van der Waals surface area (Å²) in [4.78, 5) is 16.4. The highest BCUT2D eigenvalue weighted by Crippen LogP contribution is 2.46. The third kappa shape index (κ3) is 2.05. The predicted molar refractivity (Wildman–Crippen MR) is 68.4 cm³/mol. The monoisotopic (exact) mass is 268 g/mol. The summed E-state index contributed by atoms with van der Waals surface area (Å²) >= 11 is 1.48. The van der Waals surface area contributed by atoms with Gasteiger partial charge in [0.2, 0.25) is 5.91 Å². The van der Waals surface area contributed by atoms with Crippen molar-refractivity contribution in [3.05, 3.63) is 16.6 Å². The van der Waals surface area contributed by atoms with Gasteiger partial charge in [-0.05, 0) is 26.7 Å². The molecule has 1 aliphatic rings. The van der Waals surface area contributed by atoms with Gasteiger partial charge in [-0.25, -0.2) is 4.98 Å². The third-order valence-electron chi connectivity index (χ3n) is 3.18. The van der Waals surface area contributed by atoms with Gasteiger partial charge >= 0.3 is 0 Å². The number of amides is 1. The molecule has 1 aromatic rings. The van der Waals surface area contributed by atoms with Gasteiger partial charge in [-0.15, -0.1) is 11.3 Å². The largest absolute Gasteiger partial charge is 0.409 e. The molecule has 6 nitrogen and oxygen atoms in total. The summed E-state index contributed by atoms with van der Waals surface area (Å²) in [5, 5.41) is 17.3. The van der Waals surface area contributed by atoms with Crippen LogP contribution < -0.4 is 11.1 Å². The van der Waals surface area contributed by atoms with Crippen LogP contribution in [0.15, 0.2) is 16.7 Å². The van der Waals surface area contributed by atoms with E-state index in [0.29, 0.717) is 12.8 Å². The number of thiazole rings is 1. The molecule has 1 aliphatic carbocycles. The summed E-state index contributed by atoms with van der Waals surface area (Å²) in [6, 6.07) is 0. The lowest BCUT2D eigenvalue weighted by Gasteiger charge is -2.26. The average molecular weight is 268 g/mol. The van der Waals surface area contributed by atoms with Crippen LogP contribution in [0.4, 0.5) is 0 Å². The molecule has 0 bridgehead atoms.